The minimum Gasteiger partial charge on any atom is -0.412 e. The van der Waals surface area contributed by atoms with Gasteiger partial charge in [0, 0.05) is 18.8 Å². The molecule has 1 amide bonds. The molecule has 1 aromatic carbocycles. The second kappa shape index (κ2) is 8.94. The van der Waals surface area contributed by atoms with Crippen molar-refractivity contribution >= 4 is 17.5 Å². The van der Waals surface area contributed by atoms with Gasteiger partial charge >= 0.3 is 18.2 Å². The average molecular weight is 483 g/mol. The first-order valence-electron chi connectivity index (χ1n) is 9.42. The molecule has 0 unspecified atom stereocenters. The molecule has 0 aliphatic carbocycles. The summed E-state index contributed by atoms with van der Waals surface area (Å²) in [5.74, 6) is -1.90. The highest BCUT2D eigenvalue weighted by atomic mass is 35.5. The molecule has 1 saturated heterocycles. The topological polar surface area (TPSA) is 135 Å². The molecule has 1 aliphatic heterocycles. The third-order valence-corrected chi connectivity index (χ3v) is 5.10. The van der Waals surface area contributed by atoms with E-state index in [0.717, 1.165) is 12.1 Å². The van der Waals surface area contributed by atoms with Gasteiger partial charge in [0.15, 0.2) is 6.19 Å². The van der Waals surface area contributed by atoms with Crippen molar-refractivity contribution in [2.45, 2.75) is 31.4 Å². The van der Waals surface area contributed by atoms with E-state index in [1.807, 2.05) is 0 Å². The number of likely N-dealkylation sites (tertiary alicyclic amines) is 1. The second-order valence-corrected chi connectivity index (χ2v) is 7.45. The molecule has 15 heteroatoms. The zero-order valence-corrected chi connectivity index (χ0v) is 17.3. The van der Waals surface area contributed by atoms with Gasteiger partial charge in [-0.25, -0.2) is 0 Å². The van der Waals surface area contributed by atoms with Crippen LogP contribution in [0.25, 0.3) is 11.5 Å². The summed E-state index contributed by atoms with van der Waals surface area (Å²) in [7, 11) is 0. The van der Waals surface area contributed by atoms with E-state index in [1.54, 1.807) is 10.9 Å². The number of alkyl halides is 3. The van der Waals surface area contributed by atoms with Gasteiger partial charge in [-0.3, -0.25) is 9.48 Å². The van der Waals surface area contributed by atoms with Crippen molar-refractivity contribution in [3.05, 3.63) is 41.5 Å². The van der Waals surface area contributed by atoms with Crippen molar-refractivity contribution in [1.82, 2.24) is 35.4 Å². The standard InChI is InChI=1S/C18H14ClF3N8O3/c19-14-2-1-12(33-18(20,21)22)6-13(14)16-26-27-17(32-16)15(31)25-10-5-11(29(7-10)9-23)8-30-4-3-24-28-30/h1-4,6,10-11H,5,7-8H2,(H,25,31)/t10-,11+/m1/s1. The number of hydrogen-bond acceptors (Lipinski definition) is 9. The quantitative estimate of drug-likeness (QED) is 0.524. The number of aromatic nitrogens is 5. The number of nitriles is 1. The fourth-order valence-electron chi connectivity index (χ4n) is 3.40. The number of halogens is 4. The maximum absolute atomic E-state index is 12.6. The van der Waals surface area contributed by atoms with Crippen LogP contribution in [0.5, 0.6) is 5.75 Å². The Morgan fingerprint density at radius 2 is 2.21 bits per heavy atom. The van der Waals surface area contributed by atoms with Crippen LogP contribution >= 0.6 is 11.6 Å². The SMILES string of the molecule is N#CN1C[C@H](NC(=O)c2nnc(-c3cc(OC(F)(F)F)ccc3Cl)o2)C[C@H]1Cn1ccnn1. The minimum absolute atomic E-state index is 0.0246. The van der Waals surface area contributed by atoms with Crippen LogP contribution < -0.4 is 10.1 Å². The Hall–Kier alpha value is -3.86. The van der Waals surface area contributed by atoms with E-state index in [-0.39, 0.29) is 35.1 Å². The predicted molar refractivity (Wildman–Crippen MR) is 103 cm³/mol. The molecule has 0 radical (unpaired) electrons. The van der Waals surface area contributed by atoms with Crippen molar-refractivity contribution < 1.29 is 27.1 Å². The van der Waals surface area contributed by atoms with Gasteiger partial charge < -0.3 is 19.4 Å². The molecule has 0 saturated carbocycles. The summed E-state index contributed by atoms with van der Waals surface area (Å²) in [5.41, 5.74) is -0.0330. The van der Waals surface area contributed by atoms with Gasteiger partial charge in [0.1, 0.15) is 5.75 Å². The molecule has 172 valence electrons. The van der Waals surface area contributed by atoms with Gasteiger partial charge in [0.2, 0.25) is 5.89 Å². The fourth-order valence-corrected chi connectivity index (χ4v) is 3.60. The number of amides is 1. The third-order valence-electron chi connectivity index (χ3n) is 4.77. The van der Waals surface area contributed by atoms with Gasteiger partial charge in [0.05, 0.1) is 29.4 Å². The van der Waals surface area contributed by atoms with Crippen molar-refractivity contribution in [2.75, 3.05) is 6.54 Å². The van der Waals surface area contributed by atoms with Gasteiger partial charge in [-0.1, -0.05) is 16.8 Å². The van der Waals surface area contributed by atoms with Crippen LogP contribution in [0.3, 0.4) is 0 Å². The molecule has 1 fully saturated rings. The fraction of sp³-hybridized carbons (Fsp3) is 0.333. The highest BCUT2D eigenvalue weighted by Gasteiger charge is 2.34. The number of benzene rings is 1. The zero-order chi connectivity index (χ0) is 23.6. The smallest absolute Gasteiger partial charge is 0.412 e. The number of carbonyl (C=O) groups excluding carboxylic acids is 1. The first-order chi connectivity index (χ1) is 15.7. The van der Waals surface area contributed by atoms with Gasteiger partial charge in [-0.15, -0.1) is 28.5 Å². The monoisotopic (exact) mass is 482 g/mol. The van der Waals surface area contributed by atoms with Crippen molar-refractivity contribution in [1.29, 1.82) is 5.26 Å². The Balaban J connectivity index is 1.43. The molecule has 2 atom stereocenters. The molecular weight excluding hydrogens is 469 g/mol. The highest BCUT2D eigenvalue weighted by Crippen LogP contribution is 2.33. The first-order valence-corrected chi connectivity index (χ1v) is 9.80. The Kier molecular flexibility index (Phi) is 6.05. The molecule has 4 rings (SSSR count). The normalized spacial score (nSPS) is 18.2. The molecule has 1 N–H and O–H groups in total. The van der Waals surface area contributed by atoms with Crippen LogP contribution in [-0.2, 0) is 6.54 Å². The molecule has 1 aliphatic rings. The molecule has 33 heavy (non-hydrogen) atoms. The third kappa shape index (κ3) is 5.32. The number of hydrogen-bond donors (Lipinski definition) is 1. The van der Waals surface area contributed by atoms with Gasteiger partial charge in [0.25, 0.3) is 0 Å². The van der Waals surface area contributed by atoms with E-state index in [2.05, 4.69) is 36.8 Å². The molecule has 3 heterocycles. The summed E-state index contributed by atoms with van der Waals surface area (Å²) in [4.78, 5) is 14.1. The maximum Gasteiger partial charge on any atom is 0.573 e. The Morgan fingerprint density at radius 1 is 1.39 bits per heavy atom. The molecule has 11 nitrogen and oxygen atoms in total. The van der Waals surface area contributed by atoms with Gasteiger partial charge in [-0.2, -0.15) is 5.26 Å². The van der Waals surface area contributed by atoms with Gasteiger partial charge in [-0.05, 0) is 24.6 Å². The molecular formula is C18H14ClF3N8O3. The molecule has 0 spiro atoms. The van der Waals surface area contributed by atoms with Crippen molar-refractivity contribution in [3.63, 3.8) is 0 Å². The lowest BCUT2D eigenvalue weighted by Gasteiger charge is -2.16. The Labute approximate surface area is 188 Å². The van der Waals surface area contributed by atoms with E-state index in [9.17, 15) is 23.2 Å². The predicted octanol–water partition coefficient (Wildman–Crippen LogP) is 2.23. The lowest BCUT2D eigenvalue weighted by atomic mass is 10.1. The molecule has 3 aromatic rings. The van der Waals surface area contributed by atoms with Crippen molar-refractivity contribution in [3.8, 4) is 23.4 Å². The zero-order valence-electron chi connectivity index (χ0n) is 16.5. The van der Waals surface area contributed by atoms with Crippen LogP contribution in [0.4, 0.5) is 13.2 Å². The summed E-state index contributed by atoms with van der Waals surface area (Å²) in [5, 5.41) is 27.0. The van der Waals surface area contributed by atoms with Crippen LogP contribution in [0, 0.1) is 11.5 Å². The number of ether oxygens (including phenoxy) is 1. The maximum atomic E-state index is 12.6. The highest BCUT2D eigenvalue weighted by molar-refractivity contribution is 6.33. The number of carbonyl (C=O) groups is 1. The summed E-state index contributed by atoms with van der Waals surface area (Å²) in [6.07, 6.45) is 0.844. The summed E-state index contributed by atoms with van der Waals surface area (Å²) < 4.78 is 48.2. The number of rotatable bonds is 6. The lowest BCUT2D eigenvalue weighted by molar-refractivity contribution is -0.274. The summed E-state index contributed by atoms with van der Waals surface area (Å²) >= 11 is 6.02. The summed E-state index contributed by atoms with van der Waals surface area (Å²) in [6, 6.07) is 2.59. The number of nitrogens with zero attached hydrogens (tertiary/aromatic N) is 7. The first kappa shape index (κ1) is 22.3. The van der Waals surface area contributed by atoms with Crippen LogP contribution in [0.15, 0.2) is 35.0 Å². The average Bonchev–Trinajstić information content (AvgIpc) is 3.50. The van der Waals surface area contributed by atoms with Crippen LogP contribution in [0.1, 0.15) is 17.1 Å². The van der Waals surface area contributed by atoms with E-state index in [0.29, 0.717) is 13.0 Å². The van der Waals surface area contributed by atoms with E-state index < -0.39 is 23.9 Å². The lowest BCUT2D eigenvalue weighted by Crippen LogP contribution is -2.36. The van der Waals surface area contributed by atoms with E-state index in [1.165, 1.54) is 17.2 Å². The second-order valence-electron chi connectivity index (χ2n) is 7.04. The minimum atomic E-state index is -4.89. The van der Waals surface area contributed by atoms with E-state index in [4.69, 9.17) is 16.0 Å². The molecule has 2 aromatic heterocycles. The van der Waals surface area contributed by atoms with Crippen LogP contribution in [-0.4, -0.2) is 61.0 Å². The van der Waals surface area contributed by atoms with Crippen LogP contribution in [0.2, 0.25) is 5.02 Å². The number of nitrogens with one attached hydrogen (secondary N) is 1. The Bertz CT molecular complexity index is 1180. The molecule has 0 bridgehead atoms. The summed E-state index contributed by atoms with van der Waals surface area (Å²) in [6.45, 7) is 0.685. The largest absolute Gasteiger partial charge is 0.573 e. The van der Waals surface area contributed by atoms with Crippen molar-refractivity contribution in [2.24, 2.45) is 0 Å². The Morgan fingerprint density at radius 3 is 2.91 bits per heavy atom. The van der Waals surface area contributed by atoms with E-state index >= 15 is 0 Å².